The van der Waals surface area contributed by atoms with Crippen molar-refractivity contribution >= 4 is 21.7 Å². The number of hydrogen-bond donors (Lipinski definition) is 1. The van der Waals surface area contributed by atoms with E-state index in [0.717, 1.165) is 15.9 Å². The van der Waals surface area contributed by atoms with Crippen LogP contribution in [0.1, 0.15) is 42.1 Å². The van der Waals surface area contributed by atoms with E-state index in [1.807, 2.05) is 4.68 Å². The molecule has 1 aromatic heterocycles. The first kappa shape index (κ1) is 14.1. The summed E-state index contributed by atoms with van der Waals surface area (Å²) in [5.41, 5.74) is 11.9. The van der Waals surface area contributed by atoms with Crippen LogP contribution in [0.15, 0.2) is 16.6 Å². The topological polar surface area (TPSA) is 43.8 Å². The zero-order valence-corrected chi connectivity index (χ0v) is 13.7. The molecule has 0 atom stereocenters. The van der Waals surface area contributed by atoms with E-state index in [0.29, 0.717) is 11.7 Å². The van der Waals surface area contributed by atoms with Crippen molar-refractivity contribution in [2.75, 3.05) is 5.73 Å². The van der Waals surface area contributed by atoms with Crippen LogP contribution in [0.25, 0.3) is 5.69 Å². The molecule has 0 aliphatic heterocycles. The molecule has 0 spiro atoms. The smallest absolute Gasteiger partial charge is 0.141 e. The monoisotopic (exact) mass is 321 g/mol. The minimum atomic E-state index is 0.337. The SMILES string of the molecule is Cc1cc(C)c(-n2nc(C(C)C)c(Br)c2N)c(C)c1. The molecule has 0 unspecified atom stereocenters. The third kappa shape index (κ3) is 2.41. The van der Waals surface area contributed by atoms with Gasteiger partial charge >= 0.3 is 0 Å². The Kier molecular flexibility index (Phi) is 3.72. The van der Waals surface area contributed by atoms with Crippen LogP contribution >= 0.6 is 15.9 Å². The van der Waals surface area contributed by atoms with E-state index in [-0.39, 0.29) is 0 Å². The molecule has 0 aliphatic carbocycles. The van der Waals surface area contributed by atoms with Gasteiger partial charge in [0, 0.05) is 0 Å². The second kappa shape index (κ2) is 5.00. The lowest BCUT2D eigenvalue weighted by molar-refractivity contribution is 0.765. The average Bonchev–Trinajstić information content (AvgIpc) is 2.56. The van der Waals surface area contributed by atoms with Gasteiger partial charge in [0.25, 0.3) is 0 Å². The minimum absolute atomic E-state index is 0.337. The fourth-order valence-corrected chi connectivity index (χ4v) is 3.18. The van der Waals surface area contributed by atoms with Gasteiger partial charge < -0.3 is 5.73 Å². The van der Waals surface area contributed by atoms with Crippen LogP contribution in [0, 0.1) is 20.8 Å². The Bertz CT molecular complexity index is 604. The first-order valence-corrected chi connectivity index (χ1v) is 7.24. The van der Waals surface area contributed by atoms with E-state index in [4.69, 9.17) is 5.73 Å². The molecule has 0 aliphatic rings. The first-order chi connectivity index (χ1) is 8.82. The van der Waals surface area contributed by atoms with E-state index in [1.54, 1.807) is 0 Å². The van der Waals surface area contributed by atoms with Gasteiger partial charge in [-0.2, -0.15) is 5.10 Å². The summed E-state index contributed by atoms with van der Waals surface area (Å²) in [7, 11) is 0. The zero-order chi connectivity index (χ0) is 14.3. The lowest BCUT2D eigenvalue weighted by Crippen LogP contribution is -2.06. The number of rotatable bonds is 2. The van der Waals surface area contributed by atoms with Gasteiger partial charge in [0.05, 0.1) is 15.9 Å². The molecule has 0 radical (unpaired) electrons. The van der Waals surface area contributed by atoms with E-state index in [9.17, 15) is 0 Å². The normalized spacial score (nSPS) is 11.3. The van der Waals surface area contributed by atoms with Crippen LogP contribution < -0.4 is 5.73 Å². The number of halogens is 1. The largest absolute Gasteiger partial charge is 0.383 e. The molecule has 102 valence electrons. The van der Waals surface area contributed by atoms with Crippen LogP contribution in [0.2, 0.25) is 0 Å². The Morgan fingerprint density at radius 3 is 2.11 bits per heavy atom. The maximum atomic E-state index is 6.20. The van der Waals surface area contributed by atoms with Gasteiger partial charge in [0.1, 0.15) is 5.82 Å². The molecule has 3 nitrogen and oxygen atoms in total. The number of nitrogen functional groups attached to an aromatic ring is 1. The molecule has 2 rings (SSSR count). The van der Waals surface area contributed by atoms with Crippen molar-refractivity contribution < 1.29 is 0 Å². The molecule has 1 aromatic carbocycles. The van der Waals surface area contributed by atoms with E-state index in [2.05, 4.69) is 67.8 Å². The summed E-state index contributed by atoms with van der Waals surface area (Å²) in [4.78, 5) is 0. The van der Waals surface area contributed by atoms with Crippen LogP contribution in [0.4, 0.5) is 5.82 Å². The maximum Gasteiger partial charge on any atom is 0.141 e. The number of hydrogen-bond acceptors (Lipinski definition) is 2. The van der Waals surface area contributed by atoms with Crippen LogP contribution in [0.3, 0.4) is 0 Å². The van der Waals surface area contributed by atoms with Crippen LogP contribution in [0.5, 0.6) is 0 Å². The predicted octanol–water partition coefficient (Wildman–Crippen LogP) is 4.27. The van der Waals surface area contributed by atoms with Crippen LogP contribution in [-0.2, 0) is 0 Å². The Labute approximate surface area is 122 Å². The number of aromatic nitrogens is 2. The molecule has 0 amide bonds. The summed E-state index contributed by atoms with van der Waals surface area (Å²) < 4.78 is 2.76. The number of nitrogens with zero attached hydrogens (tertiary/aromatic N) is 2. The van der Waals surface area contributed by atoms with Crippen molar-refractivity contribution in [2.24, 2.45) is 0 Å². The molecule has 0 saturated carbocycles. The highest BCUT2D eigenvalue weighted by Crippen LogP contribution is 2.33. The van der Waals surface area contributed by atoms with Gasteiger partial charge in [-0.3, -0.25) is 0 Å². The quantitative estimate of drug-likeness (QED) is 0.897. The fourth-order valence-electron chi connectivity index (χ4n) is 2.48. The second-order valence-electron chi connectivity index (χ2n) is 5.40. The highest BCUT2D eigenvalue weighted by molar-refractivity contribution is 9.10. The Morgan fingerprint density at radius 1 is 1.16 bits per heavy atom. The van der Waals surface area contributed by atoms with Crippen molar-refractivity contribution in [1.82, 2.24) is 9.78 Å². The molecule has 4 heteroatoms. The number of nitrogens with two attached hydrogens (primary N) is 1. The fraction of sp³-hybridized carbons (Fsp3) is 0.400. The molecule has 1 heterocycles. The third-order valence-corrected chi connectivity index (χ3v) is 4.09. The molecular formula is C15H20BrN3. The highest BCUT2D eigenvalue weighted by Gasteiger charge is 2.19. The van der Waals surface area contributed by atoms with Gasteiger partial charge in [-0.1, -0.05) is 31.5 Å². The Morgan fingerprint density at radius 2 is 1.68 bits per heavy atom. The van der Waals surface area contributed by atoms with Gasteiger partial charge in [-0.25, -0.2) is 4.68 Å². The lowest BCUT2D eigenvalue weighted by atomic mass is 10.1. The van der Waals surface area contributed by atoms with E-state index in [1.165, 1.54) is 16.7 Å². The molecule has 0 bridgehead atoms. The van der Waals surface area contributed by atoms with Crippen molar-refractivity contribution in [3.05, 3.63) is 39.0 Å². The molecule has 0 fully saturated rings. The number of anilines is 1. The summed E-state index contributed by atoms with van der Waals surface area (Å²) in [6.45, 7) is 10.5. The predicted molar refractivity (Wildman–Crippen MR) is 84.0 cm³/mol. The lowest BCUT2D eigenvalue weighted by Gasteiger charge is -2.12. The van der Waals surface area contributed by atoms with Crippen molar-refractivity contribution in [1.29, 1.82) is 0 Å². The molecular weight excluding hydrogens is 302 g/mol. The Balaban J connectivity index is 2.70. The first-order valence-electron chi connectivity index (χ1n) is 6.45. The van der Waals surface area contributed by atoms with Crippen molar-refractivity contribution in [2.45, 2.75) is 40.5 Å². The molecule has 2 N–H and O–H groups in total. The summed E-state index contributed by atoms with van der Waals surface area (Å²) >= 11 is 3.55. The Hall–Kier alpha value is -1.29. The van der Waals surface area contributed by atoms with Gasteiger partial charge in [-0.15, -0.1) is 0 Å². The summed E-state index contributed by atoms with van der Waals surface area (Å²) in [5, 5.41) is 4.68. The van der Waals surface area contributed by atoms with Crippen molar-refractivity contribution in [3.8, 4) is 5.69 Å². The minimum Gasteiger partial charge on any atom is -0.383 e. The maximum absolute atomic E-state index is 6.20. The van der Waals surface area contributed by atoms with Gasteiger partial charge in [0.15, 0.2) is 0 Å². The highest BCUT2D eigenvalue weighted by atomic mass is 79.9. The summed E-state index contributed by atoms with van der Waals surface area (Å²) in [6, 6.07) is 4.32. The van der Waals surface area contributed by atoms with Crippen LogP contribution in [-0.4, -0.2) is 9.78 Å². The molecule has 19 heavy (non-hydrogen) atoms. The average molecular weight is 322 g/mol. The van der Waals surface area contributed by atoms with E-state index >= 15 is 0 Å². The molecule has 0 saturated heterocycles. The zero-order valence-electron chi connectivity index (χ0n) is 12.1. The van der Waals surface area contributed by atoms with Crippen molar-refractivity contribution in [3.63, 3.8) is 0 Å². The summed E-state index contributed by atoms with van der Waals surface area (Å²) in [5.74, 6) is 1.00. The number of benzene rings is 1. The van der Waals surface area contributed by atoms with E-state index < -0.39 is 0 Å². The summed E-state index contributed by atoms with van der Waals surface area (Å²) in [6.07, 6.45) is 0. The molecule has 2 aromatic rings. The van der Waals surface area contributed by atoms with Gasteiger partial charge in [0.2, 0.25) is 0 Å². The number of aryl methyl sites for hydroxylation is 3. The second-order valence-corrected chi connectivity index (χ2v) is 6.19. The third-order valence-electron chi connectivity index (χ3n) is 3.28. The standard InChI is InChI=1S/C15H20BrN3/c1-8(2)13-12(16)15(17)19(18-13)14-10(4)6-9(3)7-11(14)5/h6-8H,17H2,1-5H3. The van der Waals surface area contributed by atoms with Gasteiger partial charge in [-0.05, 0) is 53.7 Å².